The molecule has 0 spiro atoms. The second kappa shape index (κ2) is 7.44. The summed E-state index contributed by atoms with van der Waals surface area (Å²) in [6, 6.07) is 0. The Morgan fingerprint density at radius 3 is 2.00 bits per heavy atom. The molecular weight excluding hydrogens is 279 g/mol. The summed E-state index contributed by atoms with van der Waals surface area (Å²) < 4.78 is 6.18. The largest absolute Gasteiger partial charge is 0.458 e. The van der Waals surface area contributed by atoms with E-state index < -0.39 is 0 Å². The first-order valence-corrected chi connectivity index (χ1v) is 10.1. The van der Waals surface area contributed by atoms with Crippen molar-refractivity contribution in [2.24, 2.45) is 5.41 Å². The monoisotopic (exact) mass is 314 g/mol. The molecule has 21 heavy (non-hydrogen) atoms. The SMILES string of the molecule is CCC1(OC(=O)C(C)(CC(C)(C)C)PC)CCCCCC1. The second-order valence-electron chi connectivity index (χ2n) is 8.16. The van der Waals surface area contributed by atoms with Crippen molar-refractivity contribution >= 4 is 14.6 Å². The van der Waals surface area contributed by atoms with Gasteiger partial charge in [-0.15, -0.1) is 8.58 Å². The molecule has 0 heterocycles. The Hall–Kier alpha value is -0.100. The highest BCUT2D eigenvalue weighted by Crippen LogP contribution is 2.43. The molecule has 1 fully saturated rings. The van der Waals surface area contributed by atoms with E-state index in [4.69, 9.17) is 4.74 Å². The molecule has 0 aromatic heterocycles. The summed E-state index contributed by atoms with van der Waals surface area (Å²) >= 11 is 0. The normalized spacial score (nSPS) is 22.8. The topological polar surface area (TPSA) is 26.3 Å². The Morgan fingerprint density at radius 1 is 1.10 bits per heavy atom. The summed E-state index contributed by atoms with van der Waals surface area (Å²) in [5, 5.41) is -0.327. The van der Waals surface area contributed by atoms with Crippen LogP contribution in [0.4, 0.5) is 0 Å². The van der Waals surface area contributed by atoms with Crippen LogP contribution in [0.15, 0.2) is 0 Å². The molecule has 0 aromatic rings. The lowest BCUT2D eigenvalue weighted by atomic mass is 9.84. The Labute approximate surface area is 133 Å². The van der Waals surface area contributed by atoms with E-state index in [9.17, 15) is 4.79 Å². The lowest BCUT2D eigenvalue weighted by Crippen LogP contribution is -2.43. The smallest absolute Gasteiger partial charge is 0.316 e. The minimum Gasteiger partial charge on any atom is -0.458 e. The maximum Gasteiger partial charge on any atom is 0.316 e. The molecule has 124 valence electrons. The molecule has 3 heteroatoms. The van der Waals surface area contributed by atoms with Gasteiger partial charge in [-0.2, -0.15) is 0 Å². The van der Waals surface area contributed by atoms with Crippen LogP contribution in [0.2, 0.25) is 0 Å². The Morgan fingerprint density at radius 2 is 1.62 bits per heavy atom. The Balaban J connectivity index is 2.84. The van der Waals surface area contributed by atoms with Gasteiger partial charge in [-0.05, 0) is 57.5 Å². The molecule has 0 aliphatic heterocycles. The van der Waals surface area contributed by atoms with Gasteiger partial charge in [0.05, 0.1) is 5.16 Å². The number of hydrogen-bond acceptors (Lipinski definition) is 2. The van der Waals surface area contributed by atoms with Crippen LogP contribution in [0, 0.1) is 5.41 Å². The van der Waals surface area contributed by atoms with E-state index in [1.54, 1.807) is 0 Å². The zero-order valence-electron chi connectivity index (χ0n) is 15.0. The first kappa shape index (κ1) is 18.9. The maximum absolute atomic E-state index is 12.9. The van der Waals surface area contributed by atoms with Crippen LogP contribution in [0.1, 0.15) is 86.0 Å². The van der Waals surface area contributed by atoms with Crippen LogP contribution in [0.3, 0.4) is 0 Å². The summed E-state index contributed by atoms with van der Waals surface area (Å²) in [5.74, 6) is 0.0435. The molecule has 0 saturated heterocycles. The van der Waals surface area contributed by atoms with Crippen LogP contribution in [0.5, 0.6) is 0 Å². The third kappa shape index (κ3) is 5.55. The molecule has 1 rings (SSSR count). The number of rotatable bonds is 5. The fraction of sp³-hybridized carbons (Fsp3) is 0.944. The van der Waals surface area contributed by atoms with Crippen molar-refractivity contribution in [1.29, 1.82) is 0 Å². The summed E-state index contributed by atoms with van der Waals surface area (Å²) in [6.45, 7) is 13.0. The van der Waals surface area contributed by atoms with Gasteiger partial charge in [-0.1, -0.05) is 40.5 Å². The van der Waals surface area contributed by atoms with E-state index in [0.29, 0.717) is 8.58 Å². The summed E-state index contributed by atoms with van der Waals surface area (Å²) in [6.07, 6.45) is 8.92. The van der Waals surface area contributed by atoms with Crippen LogP contribution in [-0.4, -0.2) is 23.4 Å². The highest BCUT2D eigenvalue weighted by Gasteiger charge is 2.42. The van der Waals surface area contributed by atoms with Gasteiger partial charge in [-0.25, -0.2) is 0 Å². The van der Waals surface area contributed by atoms with Crippen molar-refractivity contribution in [3.05, 3.63) is 0 Å². The van der Waals surface area contributed by atoms with E-state index in [1.807, 2.05) is 0 Å². The Bertz CT molecular complexity index is 338. The molecule has 1 aliphatic carbocycles. The summed E-state index contributed by atoms with van der Waals surface area (Å²) in [7, 11) is 0.588. The van der Waals surface area contributed by atoms with Crippen LogP contribution >= 0.6 is 8.58 Å². The van der Waals surface area contributed by atoms with Crippen LogP contribution < -0.4 is 0 Å². The highest BCUT2D eigenvalue weighted by atomic mass is 31.1. The quantitative estimate of drug-likeness (QED) is 0.378. The van der Waals surface area contributed by atoms with E-state index in [1.165, 1.54) is 25.7 Å². The molecule has 1 aliphatic rings. The van der Waals surface area contributed by atoms with E-state index in [2.05, 4.69) is 41.3 Å². The molecule has 0 aromatic carbocycles. The van der Waals surface area contributed by atoms with Crippen LogP contribution in [0.25, 0.3) is 0 Å². The molecule has 0 bridgehead atoms. The maximum atomic E-state index is 12.9. The van der Waals surface area contributed by atoms with Gasteiger partial charge in [0.2, 0.25) is 0 Å². The minimum absolute atomic E-state index is 0.0435. The third-order valence-corrected chi connectivity index (χ3v) is 6.34. The fourth-order valence-electron chi connectivity index (χ4n) is 3.53. The molecule has 2 nitrogen and oxygen atoms in total. The lowest BCUT2D eigenvalue weighted by Gasteiger charge is -2.38. The van der Waals surface area contributed by atoms with Crippen molar-refractivity contribution < 1.29 is 9.53 Å². The third-order valence-electron chi connectivity index (χ3n) is 4.85. The first-order valence-electron chi connectivity index (χ1n) is 8.59. The second-order valence-corrected chi connectivity index (χ2v) is 9.76. The van der Waals surface area contributed by atoms with E-state index >= 15 is 0 Å². The molecule has 0 radical (unpaired) electrons. The van der Waals surface area contributed by atoms with Crippen molar-refractivity contribution in [3.63, 3.8) is 0 Å². The number of carbonyl (C=O) groups is 1. The molecule has 2 unspecified atom stereocenters. The van der Waals surface area contributed by atoms with Gasteiger partial charge in [0.1, 0.15) is 5.60 Å². The summed E-state index contributed by atoms with van der Waals surface area (Å²) in [4.78, 5) is 12.9. The predicted octanol–water partition coefficient (Wildman–Crippen LogP) is 5.54. The Kier molecular flexibility index (Phi) is 6.72. The zero-order chi connectivity index (χ0) is 16.1. The van der Waals surface area contributed by atoms with Crippen molar-refractivity contribution in [2.45, 2.75) is 96.7 Å². The molecule has 0 amide bonds. The molecule has 0 N–H and O–H groups in total. The van der Waals surface area contributed by atoms with Crippen molar-refractivity contribution in [1.82, 2.24) is 0 Å². The van der Waals surface area contributed by atoms with Gasteiger partial charge in [-0.3, -0.25) is 4.79 Å². The first-order chi connectivity index (χ1) is 9.66. The summed E-state index contributed by atoms with van der Waals surface area (Å²) in [5.41, 5.74) is -0.0357. The highest BCUT2D eigenvalue weighted by molar-refractivity contribution is 7.40. The molecule has 1 saturated carbocycles. The number of hydrogen-bond donors (Lipinski definition) is 0. The van der Waals surface area contributed by atoms with E-state index in [-0.39, 0.29) is 22.1 Å². The zero-order valence-corrected chi connectivity index (χ0v) is 16.0. The van der Waals surface area contributed by atoms with Gasteiger partial charge in [0.25, 0.3) is 0 Å². The average molecular weight is 314 g/mol. The number of ether oxygens (including phenoxy) is 1. The fourth-order valence-corrected chi connectivity index (χ4v) is 4.50. The van der Waals surface area contributed by atoms with Crippen molar-refractivity contribution in [2.75, 3.05) is 6.66 Å². The van der Waals surface area contributed by atoms with Crippen molar-refractivity contribution in [3.8, 4) is 0 Å². The number of carbonyl (C=O) groups excluding carboxylic acids is 1. The minimum atomic E-state index is -0.327. The van der Waals surface area contributed by atoms with Gasteiger partial charge < -0.3 is 4.74 Å². The molecular formula is C18H35O2P. The van der Waals surface area contributed by atoms with Crippen LogP contribution in [-0.2, 0) is 9.53 Å². The average Bonchev–Trinajstić information content (AvgIpc) is 2.63. The standard InChI is InChI=1S/C18H35O2P/c1-7-18(12-10-8-9-11-13-18)20-15(19)17(5,21-6)14-16(2,3)4/h21H,7-14H2,1-6H3. The van der Waals surface area contributed by atoms with Gasteiger partial charge in [0.15, 0.2) is 0 Å². The molecule has 2 atom stereocenters. The van der Waals surface area contributed by atoms with Gasteiger partial charge >= 0.3 is 5.97 Å². The number of esters is 1. The van der Waals surface area contributed by atoms with E-state index in [0.717, 1.165) is 25.7 Å². The van der Waals surface area contributed by atoms with Gasteiger partial charge in [0, 0.05) is 0 Å². The predicted molar refractivity (Wildman–Crippen MR) is 93.5 cm³/mol. The lowest BCUT2D eigenvalue weighted by molar-refractivity contribution is -0.165.